The summed E-state index contributed by atoms with van der Waals surface area (Å²) < 4.78 is 0.805. The van der Waals surface area contributed by atoms with Crippen molar-refractivity contribution < 1.29 is 19.5 Å². The Bertz CT molecular complexity index is 1080. The molecular formula is C35H53N2O3+. The van der Waals surface area contributed by atoms with Crippen molar-refractivity contribution in [3.05, 3.63) is 64.8 Å². The highest BCUT2D eigenvalue weighted by molar-refractivity contribution is 6.29. The van der Waals surface area contributed by atoms with Gasteiger partial charge >= 0.3 is 0 Å². The normalized spacial score (nSPS) is 16.8. The van der Waals surface area contributed by atoms with E-state index in [2.05, 4.69) is 26.0 Å². The minimum absolute atomic E-state index is 0.129. The molecule has 2 aliphatic rings. The van der Waals surface area contributed by atoms with Gasteiger partial charge in [0.2, 0.25) is 6.10 Å². The minimum Gasteiger partial charge on any atom is -0.872 e. The zero-order chi connectivity index (χ0) is 28.8. The number of rotatable bonds is 19. The first-order chi connectivity index (χ1) is 19.3. The van der Waals surface area contributed by atoms with Crippen LogP contribution in [0.25, 0.3) is 5.76 Å². The van der Waals surface area contributed by atoms with E-state index in [9.17, 15) is 9.90 Å². The van der Waals surface area contributed by atoms with E-state index >= 15 is 0 Å². The first kappa shape index (κ1) is 32.0. The first-order valence-electron chi connectivity index (χ1n) is 15.9. The van der Waals surface area contributed by atoms with Gasteiger partial charge in [0.05, 0.1) is 26.4 Å². The SMILES string of the molecule is CCCCCCCCCCCCCCCC[N+](C)(C)CC([OH2+])CN=C1C=CC=C2C(=O)c3ccccc3C([O-])=C21. The Morgan fingerprint density at radius 2 is 1.40 bits per heavy atom. The van der Waals surface area contributed by atoms with Gasteiger partial charge in [-0.3, -0.25) is 9.79 Å². The highest BCUT2D eigenvalue weighted by atomic mass is 16.3. The van der Waals surface area contributed by atoms with E-state index in [4.69, 9.17) is 5.11 Å². The molecule has 0 saturated carbocycles. The molecule has 220 valence electrons. The lowest BCUT2D eigenvalue weighted by Gasteiger charge is -2.31. The third-order valence-electron chi connectivity index (χ3n) is 8.24. The molecule has 1 aromatic carbocycles. The Kier molecular flexibility index (Phi) is 13.4. The number of nitrogens with zero attached hydrogens (tertiary/aromatic N) is 2. The van der Waals surface area contributed by atoms with Crippen LogP contribution in [0.15, 0.2) is 58.6 Å². The average molecular weight is 550 g/mol. The van der Waals surface area contributed by atoms with Crippen LogP contribution in [0.2, 0.25) is 0 Å². The first-order valence-corrected chi connectivity index (χ1v) is 15.9. The van der Waals surface area contributed by atoms with Crippen LogP contribution in [-0.4, -0.2) is 60.9 Å². The maximum atomic E-state index is 13.2. The summed E-state index contributed by atoms with van der Waals surface area (Å²) in [5, 5.41) is 21.8. The number of benzene rings is 1. The van der Waals surface area contributed by atoms with E-state index < -0.39 is 0 Å². The van der Waals surface area contributed by atoms with Gasteiger partial charge in [0.15, 0.2) is 12.3 Å². The molecule has 0 spiro atoms. The molecule has 0 bridgehead atoms. The van der Waals surface area contributed by atoms with Crippen molar-refractivity contribution in [3.63, 3.8) is 0 Å². The molecule has 1 atom stereocenters. The van der Waals surface area contributed by atoms with E-state index in [1.165, 1.54) is 89.9 Å². The van der Waals surface area contributed by atoms with Crippen LogP contribution in [0.5, 0.6) is 0 Å². The Morgan fingerprint density at radius 1 is 0.850 bits per heavy atom. The van der Waals surface area contributed by atoms with Gasteiger partial charge in [-0.2, -0.15) is 0 Å². The van der Waals surface area contributed by atoms with Gasteiger partial charge in [0, 0.05) is 16.7 Å². The van der Waals surface area contributed by atoms with Crippen LogP contribution in [-0.2, 0) is 0 Å². The van der Waals surface area contributed by atoms with Gasteiger partial charge in [-0.25, -0.2) is 0 Å². The summed E-state index contributed by atoms with van der Waals surface area (Å²) in [6, 6.07) is 6.99. The smallest absolute Gasteiger partial charge is 0.223 e. The van der Waals surface area contributed by atoms with E-state index in [1.54, 1.807) is 42.5 Å². The topological polar surface area (TPSA) is 75.4 Å². The number of hydrogen-bond acceptors (Lipinski definition) is 3. The van der Waals surface area contributed by atoms with Crippen molar-refractivity contribution in [2.75, 3.05) is 33.7 Å². The second kappa shape index (κ2) is 16.7. The van der Waals surface area contributed by atoms with Crippen molar-refractivity contribution in [1.82, 2.24) is 0 Å². The number of quaternary nitrogens is 1. The summed E-state index contributed by atoms with van der Waals surface area (Å²) in [7, 11) is 4.40. The lowest BCUT2D eigenvalue weighted by Crippen LogP contribution is -2.46. The van der Waals surface area contributed by atoms with Crippen LogP contribution >= 0.6 is 0 Å². The molecule has 0 radical (unpaired) electrons. The molecule has 0 amide bonds. The monoisotopic (exact) mass is 549 g/mol. The second-order valence-corrected chi connectivity index (χ2v) is 12.4. The summed E-state index contributed by atoms with van der Waals surface area (Å²) in [5.74, 6) is -0.282. The van der Waals surface area contributed by atoms with Gasteiger partial charge < -0.3 is 14.7 Å². The quantitative estimate of drug-likeness (QED) is 0.112. The van der Waals surface area contributed by atoms with Gasteiger partial charge in [-0.05, 0) is 24.5 Å². The summed E-state index contributed by atoms with van der Waals surface area (Å²) in [6.07, 6.45) is 24.0. The number of carbonyl (C=O) groups is 1. The minimum atomic E-state index is -0.362. The number of fused-ring (bicyclic) bond motifs is 2. The van der Waals surface area contributed by atoms with Crippen LogP contribution < -0.4 is 5.11 Å². The zero-order valence-electron chi connectivity index (χ0n) is 25.4. The van der Waals surface area contributed by atoms with Crippen LogP contribution in [0, 0.1) is 0 Å². The molecule has 0 aliphatic heterocycles. The van der Waals surface area contributed by atoms with Gasteiger partial charge in [0.25, 0.3) is 0 Å². The lowest BCUT2D eigenvalue weighted by atomic mass is 9.81. The fourth-order valence-electron chi connectivity index (χ4n) is 5.95. The van der Waals surface area contributed by atoms with Crippen molar-refractivity contribution in [1.29, 1.82) is 0 Å². The van der Waals surface area contributed by atoms with E-state index in [-0.39, 0.29) is 17.6 Å². The average Bonchev–Trinajstić information content (AvgIpc) is 2.94. The highest BCUT2D eigenvalue weighted by Crippen LogP contribution is 2.34. The van der Waals surface area contributed by atoms with Crippen molar-refractivity contribution >= 4 is 17.3 Å². The third kappa shape index (κ3) is 9.85. The Balaban J connectivity index is 1.34. The van der Waals surface area contributed by atoms with E-state index in [0.717, 1.165) is 11.0 Å². The summed E-state index contributed by atoms with van der Waals surface area (Å²) in [4.78, 5) is 17.6. The van der Waals surface area contributed by atoms with Crippen LogP contribution in [0.1, 0.15) is 113 Å². The third-order valence-corrected chi connectivity index (χ3v) is 8.24. The number of Topliss-reactive ketones (excluding diaryl/α,β-unsaturated/α-hetero) is 1. The van der Waals surface area contributed by atoms with Crippen LogP contribution in [0.4, 0.5) is 0 Å². The molecule has 5 heteroatoms. The van der Waals surface area contributed by atoms with E-state index in [1.807, 2.05) is 0 Å². The predicted octanol–water partition coefficient (Wildman–Crippen LogP) is 6.54. The number of carbonyl (C=O) groups excluding carboxylic acids is 1. The molecule has 2 N–H and O–H groups in total. The molecule has 1 aromatic rings. The summed E-state index contributed by atoms with van der Waals surface area (Å²) in [6.45, 7) is 4.38. The Hall–Kier alpha value is -2.50. The molecule has 0 heterocycles. The highest BCUT2D eigenvalue weighted by Gasteiger charge is 2.29. The molecule has 2 aliphatic carbocycles. The van der Waals surface area contributed by atoms with Crippen molar-refractivity contribution in [3.8, 4) is 0 Å². The molecule has 1 unspecified atom stereocenters. The maximum Gasteiger partial charge on any atom is 0.223 e. The largest absolute Gasteiger partial charge is 0.872 e. The standard InChI is InChI=1S/C35H52N2O3/c1-4-5-6-7-8-9-10-11-12-13-14-15-16-19-25-37(2,3)27-28(38)26-36-32-24-20-23-31-33(32)35(40)30-22-18-17-21-29(30)34(31)39/h17-18,20-24,28,38H,4-16,19,25-27H2,1-3H3/p+1. The predicted molar refractivity (Wildman–Crippen MR) is 167 cm³/mol. The fourth-order valence-corrected chi connectivity index (χ4v) is 5.95. The van der Waals surface area contributed by atoms with Gasteiger partial charge in [-0.1, -0.05) is 126 Å². The maximum absolute atomic E-state index is 13.2. The summed E-state index contributed by atoms with van der Waals surface area (Å²) in [5.41, 5.74) is 2.23. The Morgan fingerprint density at radius 3 is 2.00 bits per heavy atom. The number of ketones is 1. The van der Waals surface area contributed by atoms with Crippen LogP contribution in [0.3, 0.4) is 0 Å². The van der Waals surface area contributed by atoms with E-state index in [0.29, 0.717) is 41.1 Å². The van der Waals surface area contributed by atoms with Gasteiger partial charge in [-0.15, -0.1) is 0 Å². The molecule has 5 nitrogen and oxygen atoms in total. The Labute approximate surface area is 243 Å². The zero-order valence-corrected chi connectivity index (χ0v) is 25.4. The summed E-state index contributed by atoms with van der Waals surface area (Å²) >= 11 is 0. The van der Waals surface area contributed by atoms with Crippen molar-refractivity contribution in [2.24, 2.45) is 4.99 Å². The number of likely N-dealkylation sites (N-methyl/N-ethyl adjacent to an activating group) is 1. The number of allylic oxidation sites excluding steroid dienone is 5. The molecule has 0 fully saturated rings. The number of aliphatic imine (C=N–C) groups is 1. The number of hydrogen-bond donors (Lipinski definition) is 0. The molecule has 3 rings (SSSR count). The van der Waals surface area contributed by atoms with Gasteiger partial charge in [0.1, 0.15) is 6.54 Å². The lowest BCUT2D eigenvalue weighted by molar-refractivity contribution is -0.893. The fraction of sp³-hybridized carbons (Fsp3) is 0.600. The molecule has 40 heavy (non-hydrogen) atoms. The molecular weight excluding hydrogens is 496 g/mol. The number of unbranched alkanes of at least 4 members (excludes halogenated alkanes) is 13. The molecule has 0 aromatic heterocycles. The van der Waals surface area contributed by atoms with Crippen molar-refractivity contribution in [2.45, 2.75) is 103 Å². The molecule has 0 saturated heterocycles. The second-order valence-electron chi connectivity index (χ2n) is 12.4.